The second-order valence-electron chi connectivity index (χ2n) is 4.27. The molecule has 0 aliphatic heterocycles. The fraction of sp³-hybridized carbons (Fsp3) is 0.0625. The van der Waals surface area contributed by atoms with Crippen LogP contribution >= 0.6 is 11.3 Å². The number of thiophene rings is 1. The van der Waals surface area contributed by atoms with Crippen LogP contribution in [0.15, 0.2) is 58.9 Å². The van der Waals surface area contributed by atoms with Crippen molar-refractivity contribution in [3.63, 3.8) is 0 Å². The summed E-state index contributed by atoms with van der Waals surface area (Å²) in [4.78, 5) is 5.64. The number of aromatic hydroxyl groups is 1. The van der Waals surface area contributed by atoms with E-state index >= 15 is 0 Å². The van der Waals surface area contributed by atoms with E-state index in [9.17, 15) is 5.11 Å². The fourth-order valence-electron chi connectivity index (χ4n) is 2.05. The summed E-state index contributed by atoms with van der Waals surface area (Å²) in [6.45, 7) is 0.653. The standard InChI is InChI=1S/C16H13NOS/c18-16-8-7-12-4-1-2-6-14(12)15(16)11-17-10-13-5-3-9-19-13/h1-9,11,18H,10H2. The molecule has 1 N–H and O–H groups in total. The molecule has 0 saturated heterocycles. The van der Waals surface area contributed by atoms with Crippen LogP contribution < -0.4 is 0 Å². The lowest BCUT2D eigenvalue weighted by Crippen LogP contribution is -1.87. The third-order valence-corrected chi connectivity index (χ3v) is 3.86. The molecule has 0 fully saturated rings. The molecule has 0 unspecified atom stereocenters. The smallest absolute Gasteiger partial charge is 0.124 e. The van der Waals surface area contributed by atoms with Gasteiger partial charge in [-0.25, -0.2) is 0 Å². The summed E-state index contributed by atoms with van der Waals surface area (Å²) in [6.07, 6.45) is 1.76. The first kappa shape index (κ1) is 11.9. The van der Waals surface area contributed by atoms with Crippen LogP contribution in [-0.4, -0.2) is 11.3 Å². The van der Waals surface area contributed by atoms with Crippen LogP contribution in [-0.2, 0) is 6.54 Å². The zero-order valence-corrected chi connectivity index (χ0v) is 11.1. The van der Waals surface area contributed by atoms with Gasteiger partial charge in [0.25, 0.3) is 0 Å². The van der Waals surface area contributed by atoms with Gasteiger partial charge in [-0.05, 0) is 28.3 Å². The van der Waals surface area contributed by atoms with E-state index in [0.29, 0.717) is 6.54 Å². The van der Waals surface area contributed by atoms with Crippen molar-refractivity contribution in [3.8, 4) is 5.75 Å². The minimum absolute atomic E-state index is 0.272. The van der Waals surface area contributed by atoms with E-state index in [-0.39, 0.29) is 5.75 Å². The van der Waals surface area contributed by atoms with Crippen LogP contribution in [0.2, 0.25) is 0 Å². The van der Waals surface area contributed by atoms with E-state index in [4.69, 9.17) is 0 Å². The first-order chi connectivity index (χ1) is 9.34. The first-order valence-electron chi connectivity index (χ1n) is 6.07. The molecule has 19 heavy (non-hydrogen) atoms. The van der Waals surface area contributed by atoms with Crippen LogP contribution in [0.1, 0.15) is 10.4 Å². The number of nitrogens with zero attached hydrogens (tertiary/aromatic N) is 1. The number of phenolic OH excluding ortho intramolecular Hbond substituents is 1. The SMILES string of the molecule is Oc1ccc2ccccc2c1C=NCc1cccs1. The minimum atomic E-state index is 0.272. The Bertz CT molecular complexity index is 717. The molecule has 0 atom stereocenters. The topological polar surface area (TPSA) is 32.6 Å². The number of benzene rings is 2. The summed E-state index contributed by atoms with van der Waals surface area (Å²) >= 11 is 1.69. The Morgan fingerprint density at radius 3 is 2.79 bits per heavy atom. The Hall–Kier alpha value is -2.13. The van der Waals surface area contributed by atoms with E-state index in [1.807, 2.05) is 41.8 Å². The van der Waals surface area contributed by atoms with Crippen LogP contribution in [0.5, 0.6) is 5.75 Å². The molecule has 0 aliphatic carbocycles. The van der Waals surface area contributed by atoms with Crippen LogP contribution in [0.4, 0.5) is 0 Å². The maximum atomic E-state index is 9.98. The van der Waals surface area contributed by atoms with Crippen molar-refractivity contribution in [1.82, 2.24) is 0 Å². The van der Waals surface area contributed by atoms with Gasteiger partial charge in [0.15, 0.2) is 0 Å². The van der Waals surface area contributed by atoms with Gasteiger partial charge >= 0.3 is 0 Å². The Kier molecular flexibility index (Phi) is 3.29. The molecule has 0 spiro atoms. The second-order valence-corrected chi connectivity index (χ2v) is 5.30. The van der Waals surface area contributed by atoms with Gasteiger partial charge in [0, 0.05) is 16.7 Å². The second kappa shape index (κ2) is 5.24. The molecule has 2 nitrogen and oxygen atoms in total. The minimum Gasteiger partial charge on any atom is -0.507 e. The molecule has 0 amide bonds. The summed E-state index contributed by atoms with van der Waals surface area (Å²) in [5.41, 5.74) is 0.787. The molecule has 94 valence electrons. The van der Waals surface area contributed by atoms with Crippen molar-refractivity contribution < 1.29 is 5.11 Å². The first-order valence-corrected chi connectivity index (χ1v) is 6.95. The predicted molar refractivity (Wildman–Crippen MR) is 81.2 cm³/mol. The third kappa shape index (κ3) is 2.51. The van der Waals surface area contributed by atoms with Gasteiger partial charge in [-0.2, -0.15) is 0 Å². The van der Waals surface area contributed by atoms with Crippen molar-refractivity contribution in [3.05, 3.63) is 64.4 Å². The largest absolute Gasteiger partial charge is 0.507 e. The predicted octanol–water partition coefficient (Wildman–Crippen LogP) is 4.23. The Balaban J connectivity index is 1.95. The van der Waals surface area contributed by atoms with E-state index in [1.54, 1.807) is 23.6 Å². The molecule has 0 bridgehead atoms. The third-order valence-electron chi connectivity index (χ3n) is 3.00. The highest BCUT2D eigenvalue weighted by Gasteiger charge is 2.03. The number of hydrogen-bond donors (Lipinski definition) is 1. The molecular weight excluding hydrogens is 254 g/mol. The summed E-state index contributed by atoms with van der Waals surface area (Å²) in [5.74, 6) is 0.272. The van der Waals surface area contributed by atoms with Crippen molar-refractivity contribution in [2.24, 2.45) is 4.99 Å². The summed E-state index contributed by atoms with van der Waals surface area (Å²) in [6, 6.07) is 15.7. The molecule has 2 aromatic carbocycles. The normalized spacial score (nSPS) is 11.4. The molecule has 1 heterocycles. The maximum Gasteiger partial charge on any atom is 0.124 e. The molecular formula is C16H13NOS. The lowest BCUT2D eigenvalue weighted by atomic mass is 10.0. The summed E-state index contributed by atoms with van der Waals surface area (Å²) in [5, 5.41) is 14.2. The van der Waals surface area contributed by atoms with Gasteiger partial charge in [-0.1, -0.05) is 36.4 Å². The van der Waals surface area contributed by atoms with Gasteiger partial charge in [-0.15, -0.1) is 11.3 Å². The molecule has 1 aromatic heterocycles. The highest BCUT2D eigenvalue weighted by Crippen LogP contribution is 2.25. The van der Waals surface area contributed by atoms with E-state index in [0.717, 1.165) is 16.3 Å². The number of hydrogen-bond acceptors (Lipinski definition) is 3. The van der Waals surface area contributed by atoms with Crippen LogP contribution in [0, 0.1) is 0 Å². The van der Waals surface area contributed by atoms with Gasteiger partial charge in [0.2, 0.25) is 0 Å². The van der Waals surface area contributed by atoms with E-state index in [2.05, 4.69) is 11.1 Å². The lowest BCUT2D eigenvalue weighted by molar-refractivity contribution is 0.475. The Morgan fingerprint density at radius 2 is 1.95 bits per heavy atom. The van der Waals surface area contributed by atoms with Crippen molar-refractivity contribution >= 4 is 28.3 Å². The average molecular weight is 267 g/mol. The number of phenols is 1. The maximum absolute atomic E-state index is 9.98. The molecule has 0 saturated carbocycles. The Labute approximate surface area is 115 Å². The van der Waals surface area contributed by atoms with E-state index < -0.39 is 0 Å². The summed E-state index contributed by atoms with van der Waals surface area (Å²) < 4.78 is 0. The van der Waals surface area contributed by atoms with Gasteiger partial charge in [-0.3, -0.25) is 4.99 Å². The van der Waals surface area contributed by atoms with Crippen molar-refractivity contribution in [2.45, 2.75) is 6.54 Å². The zero-order valence-electron chi connectivity index (χ0n) is 10.3. The monoisotopic (exact) mass is 267 g/mol. The number of aliphatic imine (C=N–C) groups is 1. The van der Waals surface area contributed by atoms with Gasteiger partial charge in [0.1, 0.15) is 5.75 Å². The van der Waals surface area contributed by atoms with Crippen LogP contribution in [0.3, 0.4) is 0 Å². The quantitative estimate of drug-likeness (QED) is 0.708. The zero-order chi connectivity index (χ0) is 13.1. The van der Waals surface area contributed by atoms with Crippen molar-refractivity contribution in [2.75, 3.05) is 0 Å². The lowest BCUT2D eigenvalue weighted by Gasteiger charge is -2.04. The number of fused-ring (bicyclic) bond motifs is 1. The average Bonchev–Trinajstić information content (AvgIpc) is 2.94. The molecule has 0 radical (unpaired) electrons. The molecule has 0 aliphatic rings. The summed E-state index contributed by atoms with van der Waals surface area (Å²) in [7, 11) is 0. The van der Waals surface area contributed by atoms with Crippen molar-refractivity contribution in [1.29, 1.82) is 0 Å². The molecule has 3 heteroatoms. The number of rotatable bonds is 3. The molecule has 3 rings (SSSR count). The van der Waals surface area contributed by atoms with Crippen LogP contribution in [0.25, 0.3) is 10.8 Å². The Morgan fingerprint density at radius 1 is 1.05 bits per heavy atom. The van der Waals surface area contributed by atoms with Gasteiger partial charge < -0.3 is 5.11 Å². The highest BCUT2D eigenvalue weighted by molar-refractivity contribution is 7.09. The fourth-order valence-corrected chi connectivity index (χ4v) is 2.69. The van der Waals surface area contributed by atoms with E-state index in [1.165, 1.54) is 4.88 Å². The highest BCUT2D eigenvalue weighted by atomic mass is 32.1. The van der Waals surface area contributed by atoms with Gasteiger partial charge in [0.05, 0.1) is 6.54 Å². The molecule has 3 aromatic rings.